The van der Waals surface area contributed by atoms with Crippen LogP contribution in [0, 0.1) is 13.8 Å². The first kappa shape index (κ1) is 21.0. The van der Waals surface area contributed by atoms with E-state index in [1.54, 1.807) is 24.3 Å². The molecule has 0 aliphatic heterocycles. The van der Waals surface area contributed by atoms with Crippen LogP contribution in [0.1, 0.15) is 43.0 Å². The number of carbonyl (C=O) groups excluding carboxylic acids is 1. The molecule has 0 fully saturated rings. The summed E-state index contributed by atoms with van der Waals surface area (Å²) in [5.41, 5.74) is 2.97. The minimum Gasteiger partial charge on any atom is -0.480 e. The van der Waals surface area contributed by atoms with Crippen LogP contribution in [0.4, 0.5) is 0 Å². The number of rotatable bonds is 7. The molecule has 2 atom stereocenters. The number of nitrogens with one attached hydrogen (secondary N) is 1. The predicted molar refractivity (Wildman–Crippen MR) is 107 cm³/mol. The van der Waals surface area contributed by atoms with E-state index < -0.39 is 15.9 Å². The van der Waals surface area contributed by atoms with E-state index in [2.05, 4.69) is 5.32 Å². The molecule has 0 spiro atoms. The Balaban J connectivity index is 2.08. The molecule has 0 saturated heterocycles. The van der Waals surface area contributed by atoms with E-state index in [4.69, 9.17) is 4.74 Å². The van der Waals surface area contributed by atoms with Crippen LogP contribution in [0.2, 0.25) is 0 Å². The number of hydrogen-bond acceptors (Lipinski definition) is 4. The fourth-order valence-electron chi connectivity index (χ4n) is 2.72. The van der Waals surface area contributed by atoms with Crippen molar-refractivity contribution in [1.82, 2.24) is 5.32 Å². The predicted octanol–water partition coefficient (Wildman–Crippen LogP) is 3.74. The van der Waals surface area contributed by atoms with Gasteiger partial charge in [-0.1, -0.05) is 31.2 Å². The third kappa shape index (κ3) is 5.32. The summed E-state index contributed by atoms with van der Waals surface area (Å²) >= 11 is 0. The molecule has 0 radical (unpaired) electrons. The maximum atomic E-state index is 12.7. The van der Waals surface area contributed by atoms with Crippen molar-refractivity contribution < 1.29 is 17.9 Å². The minimum atomic E-state index is -3.24. The SMILES string of the molecule is CC[C@@H](Oc1cccc(C)c1C)C(=O)N[C@@H](C)c1ccc(S(C)(=O)=O)cc1. The molecule has 0 aromatic heterocycles. The first-order chi connectivity index (χ1) is 12.6. The Kier molecular flexibility index (Phi) is 6.65. The van der Waals surface area contributed by atoms with Crippen LogP contribution in [-0.2, 0) is 14.6 Å². The van der Waals surface area contributed by atoms with Crippen molar-refractivity contribution in [3.63, 3.8) is 0 Å². The van der Waals surface area contributed by atoms with Gasteiger partial charge < -0.3 is 10.1 Å². The number of amides is 1. The molecule has 2 aromatic rings. The van der Waals surface area contributed by atoms with E-state index in [9.17, 15) is 13.2 Å². The molecule has 146 valence electrons. The molecule has 1 amide bonds. The highest BCUT2D eigenvalue weighted by Crippen LogP contribution is 2.23. The van der Waals surface area contributed by atoms with Crippen molar-refractivity contribution in [3.8, 4) is 5.75 Å². The molecule has 0 heterocycles. The minimum absolute atomic E-state index is 0.196. The van der Waals surface area contributed by atoms with Crippen molar-refractivity contribution in [3.05, 3.63) is 59.2 Å². The Labute approximate surface area is 161 Å². The third-order valence-electron chi connectivity index (χ3n) is 4.65. The second-order valence-electron chi connectivity index (χ2n) is 6.78. The van der Waals surface area contributed by atoms with Crippen molar-refractivity contribution in [2.45, 2.75) is 51.2 Å². The number of hydrogen-bond donors (Lipinski definition) is 1. The average molecular weight is 390 g/mol. The number of benzene rings is 2. The lowest BCUT2D eigenvalue weighted by Gasteiger charge is -2.22. The Morgan fingerprint density at radius 3 is 2.30 bits per heavy atom. The van der Waals surface area contributed by atoms with E-state index in [0.717, 1.165) is 16.7 Å². The molecule has 0 aliphatic rings. The van der Waals surface area contributed by atoms with E-state index >= 15 is 0 Å². The monoisotopic (exact) mass is 389 g/mol. The molecule has 0 unspecified atom stereocenters. The van der Waals surface area contributed by atoms with Gasteiger partial charge in [0, 0.05) is 6.26 Å². The molecule has 1 N–H and O–H groups in total. The molecule has 2 aromatic carbocycles. The summed E-state index contributed by atoms with van der Waals surface area (Å²) in [6.45, 7) is 7.74. The van der Waals surface area contributed by atoms with Gasteiger partial charge in [-0.25, -0.2) is 8.42 Å². The second-order valence-corrected chi connectivity index (χ2v) is 8.80. The van der Waals surface area contributed by atoms with Gasteiger partial charge in [0.1, 0.15) is 5.75 Å². The normalized spacial score (nSPS) is 13.7. The number of ether oxygens (including phenoxy) is 1. The van der Waals surface area contributed by atoms with E-state index in [1.807, 2.05) is 45.9 Å². The van der Waals surface area contributed by atoms with Gasteiger partial charge in [0.05, 0.1) is 10.9 Å². The van der Waals surface area contributed by atoms with E-state index in [-0.39, 0.29) is 16.8 Å². The van der Waals surface area contributed by atoms with Gasteiger partial charge in [-0.05, 0) is 62.1 Å². The Morgan fingerprint density at radius 2 is 1.74 bits per heavy atom. The van der Waals surface area contributed by atoms with Gasteiger partial charge in [0.2, 0.25) is 0 Å². The lowest BCUT2D eigenvalue weighted by atomic mass is 10.1. The van der Waals surface area contributed by atoms with Crippen LogP contribution in [0.25, 0.3) is 0 Å². The largest absolute Gasteiger partial charge is 0.480 e. The van der Waals surface area contributed by atoms with Gasteiger partial charge in [0.15, 0.2) is 15.9 Å². The molecule has 0 bridgehead atoms. The molecule has 27 heavy (non-hydrogen) atoms. The Bertz CT molecular complexity index is 904. The highest BCUT2D eigenvalue weighted by atomic mass is 32.2. The standard InChI is InChI=1S/C21H27NO4S/c1-6-19(26-20-9-7-8-14(2)15(20)3)21(23)22-16(4)17-10-12-18(13-11-17)27(5,24)25/h7-13,16,19H,6H2,1-5H3,(H,22,23)/t16-,19+/m0/s1. The summed E-state index contributed by atoms with van der Waals surface area (Å²) < 4.78 is 29.1. The van der Waals surface area contributed by atoms with Gasteiger partial charge in [-0.15, -0.1) is 0 Å². The lowest BCUT2D eigenvalue weighted by molar-refractivity contribution is -0.128. The van der Waals surface area contributed by atoms with Crippen LogP contribution >= 0.6 is 0 Å². The van der Waals surface area contributed by atoms with E-state index in [1.165, 1.54) is 6.26 Å². The molecule has 2 rings (SSSR count). The van der Waals surface area contributed by atoms with Gasteiger partial charge in [-0.3, -0.25) is 4.79 Å². The zero-order valence-electron chi connectivity index (χ0n) is 16.4. The average Bonchev–Trinajstić information content (AvgIpc) is 2.62. The lowest BCUT2D eigenvalue weighted by Crippen LogP contribution is -2.39. The van der Waals surface area contributed by atoms with Crippen molar-refractivity contribution in [2.75, 3.05) is 6.26 Å². The highest BCUT2D eigenvalue weighted by Gasteiger charge is 2.21. The second kappa shape index (κ2) is 8.57. The Hall–Kier alpha value is -2.34. The summed E-state index contributed by atoms with van der Waals surface area (Å²) in [6, 6.07) is 12.1. The van der Waals surface area contributed by atoms with Crippen LogP contribution in [0.5, 0.6) is 5.75 Å². The molecular weight excluding hydrogens is 362 g/mol. The van der Waals surface area contributed by atoms with Gasteiger partial charge in [-0.2, -0.15) is 0 Å². The van der Waals surface area contributed by atoms with Crippen molar-refractivity contribution in [2.24, 2.45) is 0 Å². The zero-order valence-corrected chi connectivity index (χ0v) is 17.3. The summed E-state index contributed by atoms with van der Waals surface area (Å²) in [5, 5.41) is 2.95. The van der Waals surface area contributed by atoms with Gasteiger partial charge >= 0.3 is 0 Å². The Morgan fingerprint density at radius 1 is 1.11 bits per heavy atom. The fourth-order valence-corrected chi connectivity index (χ4v) is 3.35. The van der Waals surface area contributed by atoms with Crippen LogP contribution < -0.4 is 10.1 Å². The smallest absolute Gasteiger partial charge is 0.261 e. The number of carbonyl (C=O) groups is 1. The maximum Gasteiger partial charge on any atom is 0.261 e. The zero-order chi connectivity index (χ0) is 20.2. The summed E-state index contributed by atoms with van der Waals surface area (Å²) in [6.07, 6.45) is 1.12. The first-order valence-electron chi connectivity index (χ1n) is 8.96. The molecule has 0 saturated carbocycles. The molecule has 5 nitrogen and oxygen atoms in total. The highest BCUT2D eigenvalue weighted by molar-refractivity contribution is 7.90. The van der Waals surface area contributed by atoms with Gasteiger partial charge in [0.25, 0.3) is 5.91 Å². The fraction of sp³-hybridized carbons (Fsp3) is 0.381. The maximum absolute atomic E-state index is 12.7. The number of aryl methyl sites for hydroxylation is 1. The molecular formula is C21H27NO4S. The quantitative estimate of drug-likeness (QED) is 0.783. The topological polar surface area (TPSA) is 72.5 Å². The van der Waals surface area contributed by atoms with Crippen molar-refractivity contribution >= 4 is 15.7 Å². The third-order valence-corrected chi connectivity index (χ3v) is 5.78. The first-order valence-corrected chi connectivity index (χ1v) is 10.9. The van der Waals surface area contributed by atoms with Crippen LogP contribution in [0.3, 0.4) is 0 Å². The van der Waals surface area contributed by atoms with Crippen LogP contribution in [0.15, 0.2) is 47.4 Å². The van der Waals surface area contributed by atoms with Crippen molar-refractivity contribution in [1.29, 1.82) is 0 Å². The summed E-state index contributed by atoms with van der Waals surface area (Å²) in [5.74, 6) is 0.514. The molecule has 6 heteroatoms. The summed E-state index contributed by atoms with van der Waals surface area (Å²) in [4.78, 5) is 12.9. The van der Waals surface area contributed by atoms with Crippen LogP contribution in [-0.4, -0.2) is 26.7 Å². The number of sulfone groups is 1. The summed E-state index contributed by atoms with van der Waals surface area (Å²) in [7, 11) is -3.24. The molecule has 0 aliphatic carbocycles. The van der Waals surface area contributed by atoms with E-state index in [0.29, 0.717) is 12.2 Å².